The molecule has 0 fully saturated rings. The van der Waals surface area contributed by atoms with Crippen LogP contribution in [0.3, 0.4) is 0 Å². The molecule has 39 heavy (non-hydrogen) atoms. The SMILES string of the molecule is CCCc1c(-c2ncccc2C(F)(F)F)c(CCC)c2nc(N)nc(Nc3ccc(C(F)(F)F)nc3)c2c1C. The van der Waals surface area contributed by atoms with E-state index >= 15 is 0 Å². The molecule has 0 saturated carbocycles. The Hall–Kier alpha value is -3.96. The number of halogens is 6. The number of benzene rings is 1. The summed E-state index contributed by atoms with van der Waals surface area (Å²) < 4.78 is 81.2. The molecule has 0 unspecified atom stereocenters. The Kier molecular flexibility index (Phi) is 7.67. The third-order valence-corrected chi connectivity index (χ3v) is 6.31. The molecule has 0 aliphatic carbocycles. The number of nitrogens with two attached hydrogens (primary N) is 1. The van der Waals surface area contributed by atoms with Crippen molar-refractivity contribution in [2.45, 2.75) is 58.8 Å². The second-order valence-corrected chi connectivity index (χ2v) is 9.06. The topological polar surface area (TPSA) is 89.6 Å². The molecule has 0 bridgehead atoms. The lowest BCUT2D eigenvalue weighted by atomic mass is 9.85. The van der Waals surface area contributed by atoms with Crippen LogP contribution in [0.5, 0.6) is 0 Å². The van der Waals surface area contributed by atoms with Crippen LogP contribution in [0.4, 0.5) is 43.8 Å². The molecule has 0 spiro atoms. The van der Waals surface area contributed by atoms with E-state index in [1.807, 2.05) is 13.8 Å². The van der Waals surface area contributed by atoms with Crippen LogP contribution in [0.1, 0.15) is 54.6 Å². The van der Waals surface area contributed by atoms with Gasteiger partial charge in [-0.1, -0.05) is 26.7 Å². The number of hydrogen-bond donors (Lipinski definition) is 2. The minimum Gasteiger partial charge on any atom is -0.368 e. The fourth-order valence-electron chi connectivity index (χ4n) is 4.73. The van der Waals surface area contributed by atoms with Gasteiger partial charge in [0.2, 0.25) is 5.95 Å². The van der Waals surface area contributed by atoms with Gasteiger partial charge in [0.15, 0.2) is 0 Å². The van der Waals surface area contributed by atoms with Crippen LogP contribution < -0.4 is 11.1 Å². The van der Waals surface area contributed by atoms with Crippen molar-refractivity contribution in [1.82, 2.24) is 19.9 Å². The van der Waals surface area contributed by atoms with Crippen LogP contribution in [0, 0.1) is 6.92 Å². The number of rotatable bonds is 7. The van der Waals surface area contributed by atoms with E-state index in [0.717, 1.165) is 18.3 Å². The fraction of sp³-hybridized carbons (Fsp3) is 0.333. The second kappa shape index (κ2) is 10.7. The van der Waals surface area contributed by atoms with Crippen molar-refractivity contribution in [3.8, 4) is 11.3 Å². The number of nitrogen functional groups attached to an aromatic ring is 1. The van der Waals surface area contributed by atoms with Crippen molar-refractivity contribution in [2.24, 2.45) is 0 Å². The molecule has 3 aromatic heterocycles. The van der Waals surface area contributed by atoms with E-state index in [1.54, 1.807) is 6.92 Å². The lowest BCUT2D eigenvalue weighted by Crippen LogP contribution is -2.13. The molecule has 0 saturated heterocycles. The predicted molar refractivity (Wildman–Crippen MR) is 137 cm³/mol. The van der Waals surface area contributed by atoms with Crippen molar-refractivity contribution in [3.63, 3.8) is 0 Å². The number of aryl methyl sites for hydroxylation is 2. The second-order valence-electron chi connectivity index (χ2n) is 9.06. The summed E-state index contributed by atoms with van der Waals surface area (Å²) in [5.41, 5.74) is 6.76. The van der Waals surface area contributed by atoms with Gasteiger partial charge in [-0.15, -0.1) is 0 Å². The Morgan fingerprint density at radius 3 is 2.15 bits per heavy atom. The van der Waals surface area contributed by atoms with Crippen molar-refractivity contribution < 1.29 is 26.3 Å². The molecule has 1 aromatic carbocycles. The summed E-state index contributed by atoms with van der Waals surface area (Å²) in [4.78, 5) is 16.4. The molecule has 6 nitrogen and oxygen atoms in total. The van der Waals surface area contributed by atoms with Crippen molar-refractivity contribution in [1.29, 1.82) is 0 Å². The zero-order chi connectivity index (χ0) is 28.5. The number of pyridine rings is 2. The normalized spacial score (nSPS) is 12.2. The van der Waals surface area contributed by atoms with Gasteiger partial charge in [-0.3, -0.25) is 4.98 Å². The van der Waals surface area contributed by atoms with Gasteiger partial charge in [0.1, 0.15) is 11.5 Å². The van der Waals surface area contributed by atoms with E-state index in [1.165, 1.54) is 18.3 Å². The van der Waals surface area contributed by atoms with Crippen LogP contribution in [0.2, 0.25) is 0 Å². The number of aromatic nitrogens is 4. The van der Waals surface area contributed by atoms with Crippen LogP contribution in [0.25, 0.3) is 22.2 Å². The highest BCUT2D eigenvalue weighted by Gasteiger charge is 2.36. The quantitative estimate of drug-likeness (QED) is 0.231. The van der Waals surface area contributed by atoms with Crippen LogP contribution in [-0.2, 0) is 25.2 Å². The standard InChI is InChI=1S/C27H26F6N6/c1-4-7-16-14(3)20-22(17(8-5-2)21(16)23-18(26(28,29)30)9-6-12-35-23)38-25(34)39-24(20)37-15-10-11-19(36-13-15)27(31,32)33/h6,9-13H,4-5,7-8H2,1-3H3,(H3,34,37,38,39). The highest BCUT2D eigenvalue weighted by molar-refractivity contribution is 6.01. The van der Waals surface area contributed by atoms with E-state index in [4.69, 9.17) is 5.73 Å². The third kappa shape index (κ3) is 5.59. The summed E-state index contributed by atoms with van der Waals surface area (Å²) in [7, 11) is 0. The zero-order valence-corrected chi connectivity index (χ0v) is 21.4. The monoisotopic (exact) mass is 548 g/mol. The van der Waals surface area contributed by atoms with Gasteiger partial charge in [0, 0.05) is 17.1 Å². The van der Waals surface area contributed by atoms with E-state index in [9.17, 15) is 26.3 Å². The van der Waals surface area contributed by atoms with Crippen LogP contribution in [-0.4, -0.2) is 19.9 Å². The first kappa shape index (κ1) is 28.1. The first-order chi connectivity index (χ1) is 18.4. The number of hydrogen-bond acceptors (Lipinski definition) is 6. The Labute approximate surface area is 220 Å². The molecule has 0 atom stereocenters. The molecule has 4 aromatic rings. The fourth-order valence-corrected chi connectivity index (χ4v) is 4.73. The zero-order valence-electron chi connectivity index (χ0n) is 21.4. The van der Waals surface area contributed by atoms with E-state index < -0.39 is 23.6 Å². The summed E-state index contributed by atoms with van der Waals surface area (Å²) in [5.74, 6) is 0.0720. The van der Waals surface area contributed by atoms with Crippen LogP contribution in [0.15, 0.2) is 36.7 Å². The van der Waals surface area contributed by atoms with Gasteiger partial charge in [-0.25, -0.2) is 9.97 Å². The van der Waals surface area contributed by atoms with E-state index in [-0.39, 0.29) is 23.1 Å². The largest absolute Gasteiger partial charge is 0.433 e. The number of anilines is 3. The molecule has 4 rings (SSSR count). The average Bonchev–Trinajstić information content (AvgIpc) is 2.86. The predicted octanol–water partition coefficient (Wildman–Crippen LogP) is 7.66. The lowest BCUT2D eigenvalue weighted by molar-refractivity contribution is -0.141. The summed E-state index contributed by atoms with van der Waals surface area (Å²) in [6, 6.07) is 4.31. The smallest absolute Gasteiger partial charge is 0.368 e. The van der Waals surface area contributed by atoms with Crippen molar-refractivity contribution in [3.05, 3.63) is 64.6 Å². The van der Waals surface area contributed by atoms with Gasteiger partial charge in [0.05, 0.1) is 28.7 Å². The maximum Gasteiger partial charge on any atom is 0.433 e. The molecular formula is C27H26F6N6. The Bertz CT molecular complexity index is 1500. The number of nitrogens with one attached hydrogen (secondary N) is 1. The first-order valence-corrected chi connectivity index (χ1v) is 12.3. The van der Waals surface area contributed by atoms with E-state index in [0.29, 0.717) is 58.8 Å². The number of alkyl halides is 6. The molecule has 0 aliphatic rings. The van der Waals surface area contributed by atoms with Gasteiger partial charge in [-0.05, 0) is 60.7 Å². The van der Waals surface area contributed by atoms with E-state index in [2.05, 4.69) is 25.3 Å². The number of nitrogens with zero attached hydrogens (tertiary/aromatic N) is 4. The minimum absolute atomic E-state index is 0.145. The molecule has 206 valence electrons. The Balaban J connectivity index is 2.03. The summed E-state index contributed by atoms with van der Waals surface area (Å²) >= 11 is 0. The number of fused-ring (bicyclic) bond motifs is 1. The van der Waals surface area contributed by atoms with Crippen LogP contribution >= 0.6 is 0 Å². The summed E-state index contributed by atoms with van der Waals surface area (Å²) in [5, 5.41) is 3.50. The molecule has 3 heterocycles. The average molecular weight is 549 g/mol. The molecule has 0 amide bonds. The molecule has 12 heteroatoms. The van der Waals surface area contributed by atoms with Gasteiger partial charge in [-0.2, -0.15) is 31.3 Å². The molecule has 3 N–H and O–H groups in total. The maximum absolute atomic E-state index is 14.1. The van der Waals surface area contributed by atoms with Gasteiger partial charge < -0.3 is 11.1 Å². The lowest BCUT2D eigenvalue weighted by Gasteiger charge is -2.23. The highest BCUT2D eigenvalue weighted by Crippen LogP contribution is 2.44. The first-order valence-electron chi connectivity index (χ1n) is 12.3. The third-order valence-electron chi connectivity index (χ3n) is 6.31. The summed E-state index contributed by atoms with van der Waals surface area (Å²) in [6.45, 7) is 5.58. The summed E-state index contributed by atoms with van der Waals surface area (Å²) in [6.07, 6.45) is -4.80. The molecular weight excluding hydrogens is 522 g/mol. The highest BCUT2D eigenvalue weighted by atomic mass is 19.4. The van der Waals surface area contributed by atoms with Gasteiger partial charge in [0.25, 0.3) is 0 Å². The van der Waals surface area contributed by atoms with Gasteiger partial charge >= 0.3 is 12.4 Å². The van der Waals surface area contributed by atoms with Crippen molar-refractivity contribution >= 4 is 28.4 Å². The molecule has 0 radical (unpaired) electrons. The Morgan fingerprint density at radius 1 is 0.872 bits per heavy atom. The van der Waals surface area contributed by atoms with Crippen molar-refractivity contribution in [2.75, 3.05) is 11.1 Å². The Morgan fingerprint density at radius 2 is 1.56 bits per heavy atom. The maximum atomic E-state index is 14.1. The molecule has 0 aliphatic heterocycles. The minimum atomic E-state index is -4.63.